The number of ether oxygens (including phenoxy) is 2. The van der Waals surface area contributed by atoms with Gasteiger partial charge in [-0.15, -0.1) is 24.0 Å². The first-order valence-corrected chi connectivity index (χ1v) is 11.2. The molecule has 0 aromatic heterocycles. The zero-order valence-corrected chi connectivity index (χ0v) is 20.6. The summed E-state index contributed by atoms with van der Waals surface area (Å²) in [5, 5.41) is 3.50. The topological polar surface area (TPSA) is 46.1 Å². The number of benzene rings is 2. The average molecular weight is 535 g/mol. The van der Waals surface area contributed by atoms with E-state index < -0.39 is 0 Å². The number of aliphatic imine (C=N–C) groups is 1. The molecular weight excluding hydrogens is 501 g/mol. The van der Waals surface area contributed by atoms with E-state index in [0.717, 1.165) is 51.6 Å². The van der Waals surface area contributed by atoms with Crippen LogP contribution in [-0.2, 0) is 9.47 Å². The highest BCUT2D eigenvalue weighted by molar-refractivity contribution is 14.0. The van der Waals surface area contributed by atoms with Gasteiger partial charge in [-0.05, 0) is 30.9 Å². The molecular formula is C25H34IN3O2. The SMILES string of the molecule is CCNC(=NCC(c1ccccc1)c1ccccc1)N1CCOC(C2CCCO2)C1.I. The predicted molar refractivity (Wildman–Crippen MR) is 136 cm³/mol. The van der Waals surface area contributed by atoms with Crippen molar-refractivity contribution in [1.29, 1.82) is 0 Å². The van der Waals surface area contributed by atoms with Crippen LogP contribution >= 0.6 is 24.0 Å². The monoisotopic (exact) mass is 535 g/mol. The molecule has 0 spiro atoms. The van der Waals surface area contributed by atoms with Gasteiger partial charge in [0.15, 0.2) is 5.96 Å². The van der Waals surface area contributed by atoms with Gasteiger partial charge >= 0.3 is 0 Å². The predicted octanol–water partition coefficient (Wildman–Crippen LogP) is 4.28. The van der Waals surface area contributed by atoms with Gasteiger partial charge in [-0.3, -0.25) is 4.99 Å². The molecule has 0 bridgehead atoms. The lowest BCUT2D eigenvalue weighted by atomic mass is 9.91. The Kier molecular flexibility index (Phi) is 9.61. The Morgan fingerprint density at radius 1 is 1.00 bits per heavy atom. The third kappa shape index (κ3) is 6.43. The van der Waals surface area contributed by atoms with E-state index in [4.69, 9.17) is 14.5 Å². The summed E-state index contributed by atoms with van der Waals surface area (Å²) in [6, 6.07) is 21.3. The second-order valence-electron chi connectivity index (χ2n) is 7.98. The maximum Gasteiger partial charge on any atom is 0.194 e. The van der Waals surface area contributed by atoms with E-state index in [-0.39, 0.29) is 42.1 Å². The molecule has 0 amide bonds. The van der Waals surface area contributed by atoms with Crippen LogP contribution in [0.4, 0.5) is 0 Å². The van der Waals surface area contributed by atoms with Gasteiger partial charge in [0.2, 0.25) is 0 Å². The summed E-state index contributed by atoms with van der Waals surface area (Å²) in [6.45, 7) is 6.94. The maximum absolute atomic E-state index is 6.04. The minimum absolute atomic E-state index is 0. The van der Waals surface area contributed by atoms with E-state index in [9.17, 15) is 0 Å². The molecule has 0 aliphatic carbocycles. The van der Waals surface area contributed by atoms with Gasteiger partial charge in [0, 0.05) is 32.2 Å². The molecule has 2 aliphatic heterocycles. The standard InChI is InChI=1S/C25H33N3O2.HI/c1-2-26-25(28-15-17-30-24(19-28)23-14-9-16-29-23)27-18-22(20-10-5-3-6-11-20)21-12-7-4-8-13-21;/h3-8,10-13,22-24H,2,9,14-19H2,1H3,(H,26,27);1H. The largest absolute Gasteiger partial charge is 0.375 e. The molecule has 2 fully saturated rings. The molecule has 2 aromatic carbocycles. The Labute approximate surface area is 203 Å². The third-order valence-electron chi connectivity index (χ3n) is 5.93. The summed E-state index contributed by atoms with van der Waals surface area (Å²) in [4.78, 5) is 7.43. The van der Waals surface area contributed by atoms with Crippen molar-refractivity contribution in [2.24, 2.45) is 4.99 Å². The first-order chi connectivity index (χ1) is 14.8. The first kappa shape index (κ1) is 24.0. The number of morpholine rings is 1. The van der Waals surface area contributed by atoms with Gasteiger partial charge in [0.05, 0.1) is 19.3 Å². The molecule has 168 valence electrons. The van der Waals surface area contributed by atoms with E-state index in [1.807, 2.05) is 0 Å². The van der Waals surface area contributed by atoms with E-state index in [1.54, 1.807) is 0 Å². The summed E-state index contributed by atoms with van der Waals surface area (Å²) >= 11 is 0. The van der Waals surface area contributed by atoms with Gasteiger partial charge in [-0.2, -0.15) is 0 Å². The van der Waals surface area contributed by atoms with E-state index >= 15 is 0 Å². The van der Waals surface area contributed by atoms with Crippen molar-refractivity contribution in [2.75, 3.05) is 39.4 Å². The van der Waals surface area contributed by atoms with Crippen LogP contribution < -0.4 is 5.32 Å². The summed E-state index contributed by atoms with van der Waals surface area (Å²) in [5.74, 6) is 1.21. The summed E-state index contributed by atoms with van der Waals surface area (Å²) in [7, 11) is 0. The number of nitrogens with zero attached hydrogens (tertiary/aromatic N) is 2. The second-order valence-corrected chi connectivity index (χ2v) is 7.98. The quantitative estimate of drug-likeness (QED) is 0.341. The number of hydrogen-bond donors (Lipinski definition) is 1. The van der Waals surface area contributed by atoms with Crippen LogP contribution in [0.15, 0.2) is 65.7 Å². The number of hydrogen-bond acceptors (Lipinski definition) is 3. The Morgan fingerprint density at radius 2 is 1.65 bits per heavy atom. The normalized spacial score (nSPS) is 21.7. The Hall–Kier alpha value is -1.64. The van der Waals surface area contributed by atoms with Crippen LogP contribution in [-0.4, -0.2) is 62.5 Å². The van der Waals surface area contributed by atoms with Crippen LogP contribution in [0.25, 0.3) is 0 Å². The molecule has 4 rings (SSSR count). The number of nitrogens with one attached hydrogen (secondary N) is 1. The highest BCUT2D eigenvalue weighted by Gasteiger charge is 2.32. The molecule has 2 atom stereocenters. The van der Waals surface area contributed by atoms with E-state index in [2.05, 4.69) is 77.8 Å². The van der Waals surface area contributed by atoms with Crippen LogP contribution in [0.1, 0.15) is 36.8 Å². The fraction of sp³-hybridized carbons (Fsp3) is 0.480. The molecule has 5 nitrogen and oxygen atoms in total. The summed E-state index contributed by atoms with van der Waals surface area (Å²) < 4.78 is 11.9. The lowest BCUT2D eigenvalue weighted by molar-refractivity contribution is -0.0817. The number of guanidine groups is 1. The zero-order chi connectivity index (χ0) is 20.6. The van der Waals surface area contributed by atoms with Crippen molar-refractivity contribution in [3.8, 4) is 0 Å². The highest BCUT2D eigenvalue weighted by Crippen LogP contribution is 2.25. The molecule has 2 aromatic rings. The lowest BCUT2D eigenvalue weighted by Crippen LogP contribution is -2.53. The fourth-order valence-electron chi connectivity index (χ4n) is 4.37. The molecule has 0 radical (unpaired) electrons. The van der Waals surface area contributed by atoms with Gasteiger partial charge in [-0.1, -0.05) is 60.7 Å². The molecule has 2 saturated heterocycles. The molecule has 2 unspecified atom stereocenters. The summed E-state index contributed by atoms with van der Waals surface area (Å²) in [5.41, 5.74) is 2.59. The molecule has 6 heteroatoms. The van der Waals surface area contributed by atoms with Crippen molar-refractivity contribution in [3.63, 3.8) is 0 Å². The maximum atomic E-state index is 6.04. The first-order valence-electron chi connectivity index (χ1n) is 11.2. The van der Waals surface area contributed by atoms with E-state index in [1.165, 1.54) is 11.1 Å². The Bertz CT molecular complexity index is 757. The molecule has 2 aliphatic rings. The van der Waals surface area contributed by atoms with Crippen LogP contribution in [0, 0.1) is 0 Å². The van der Waals surface area contributed by atoms with Gasteiger partial charge in [-0.25, -0.2) is 0 Å². The highest BCUT2D eigenvalue weighted by atomic mass is 127. The molecule has 2 heterocycles. The minimum Gasteiger partial charge on any atom is -0.375 e. The second kappa shape index (κ2) is 12.4. The number of halogens is 1. The molecule has 1 N–H and O–H groups in total. The smallest absolute Gasteiger partial charge is 0.194 e. The fourth-order valence-corrected chi connectivity index (χ4v) is 4.37. The average Bonchev–Trinajstić information content (AvgIpc) is 3.35. The van der Waals surface area contributed by atoms with Crippen molar-refractivity contribution < 1.29 is 9.47 Å². The van der Waals surface area contributed by atoms with Crippen LogP contribution in [0.3, 0.4) is 0 Å². The summed E-state index contributed by atoms with van der Waals surface area (Å²) in [6.07, 6.45) is 2.58. The third-order valence-corrected chi connectivity index (χ3v) is 5.93. The van der Waals surface area contributed by atoms with Gasteiger partial charge < -0.3 is 19.7 Å². The van der Waals surface area contributed by atoms with E-state index in [0.29, 0.717) is 6.54 Å². The minimum atomic E-state index is 0. The zero-order valence-electron chi connectivity index (χ0n) is 18.3. The van der Waals surface area contributed by atoms with Gasteiger partial charge in [0.1, 0.15) is 6.10 Å². The van der Waals surface area contributed by atoms with Crippen LogP contribution in [0.2, 0.25) is 0 Å². The van der Waals surface area contributed by atoms with Crippen LogP contribution in [0.5, 0.6) is 0 Å². The lowest BCUT2D eigenvalue weighted by Gasteiger charge is -2.37. The van der Waals surface area contributed by atoms with Crippen molar-refractivity contribution >= 4 is 29.9 Å². The number of rotatable bonds is 6. The Balaban J connectivity index is 0.00000272. The molecule has 0 saturated carbocycles. The van der Waals surface area contributed by atoms with Crippen molar-refractivity contribution in [3.05, 3.63) is 71.8 Å². The van der Waals surface area contributed by atoms with Crippen molar-refractivity contribution in [2.45, 2.75) is 37.9 Å². The van der Waals surface area contributed by atoms with Gasteiger partial charge in [0.25, 0.3) is 0 Å². The molecule has 31 heavy (non-hydrogen) atoms. The van der Waals surface area contributed by atoms with Crippen molar-refractivity contribution in [1.82, 2.24) is 10.2 Å². The Morgan fingerprint density at radius 3 is 2.23 bits per heavy atom.